The number of nitrogens with one attached hydrogen (secondary N) is 6. The molecule has 1 unspecified atom stereocenters. The number of carbonyl (C=O) groups excluding carboxylic acids is 5. The largest absolute Gasteiger partial charge is 0.444 e. The van der Waals surface area contributed by atoms with Gasteiger partial charge in [-0.25, -0.2) is 4.79 Å². The molecule has 1 aliphatic heterocycles. The number of alkyl carbamates (subject to hydrolysis) is 1. The Hall–Kier alpha value is -6.12. The van der Waals surface area contributed by atoms with Crippen molar-refractivity contribution < 1.29 is 28.7 Å². The zero-order chi connectivity index (χ0) is 40.5. The van der Waals surface area contributed by atoms with Crippen molar-refractivity contribution in [3.8, 4) is 22.5 Å². The van der Waals surface area contributed by atoms with E-state index in [9.17, 15) is 24.0 Å². The SMILES string of the molecule is Cc1ccc(C(=O)NC2CCNC(=O)C2)cc1-c1ccc(C[C@H](NC(=O)C2CCC(CNC(=O)OC(C)(C)C)CC2)C(=O)Nc2ccc(-c3nn[nH]n3)cc2)cc1. The van der Waals surface area contributed by atoms with Crippen molar-refractivity contribution in [2.75, 3.05) is 18.4 Å². The van der Waals surface area contributed by atoms with Gasteiger partial charge in [-0.3, -0.25) is 19.2 Å². The van der Waals surface area contributed by atoms with E-state index < -0.39 is 17.7 Å². The Morgan fingerprint density at radius 1 is 0.912 bits per heavy atom. The first-order chi connectivity index (χ1) is 27.3. The molecule has 0 bridgehead atoms. The van der Waals surface area contributed by atoms with Crippen LogP contribution in [0.15, 0.2) is 66.7 Å². The second kappa shape index (κ2) is 18.2. The first kappa shape index (κ1) is 40.5. The van der Waals surface area contributed by atoms with Crippen LogP contribution in [0.2, 0.25) is 0 Å². The number of aryl methyl sites for hydroxylation is 1. The number of anilines is 1. The molecule has 1 aliphatic carbocycles. The van der Waals surface area contributed by atoms with Crippen LogP contribution in [-0.2, 0) is 25.5 Å². The molecule has 3 aromatic carbocycles. The van der Waals surface area contributed by atoms with Crippen LogP contribution in [0.3, 0.4) is 0 Å². The highest BCUT2D eigenvalue weighted by atomic mass is 16.6. The van der Waals surface area contributed by atoms with Gasteiger partial charge in [0.05, 0.1) is 0 Å². The summed E-state index contributed by atoms with van der Waals surface area (Å²) in [7, 11) is 0. The van der Waals surface area contributed by atoms with Crippen LogP contribution in [0.4, 0.5) is 10.5 Å². The summed E-state index contributed by atoms with van der Waals surface area (Å²) in [5, 5.41) is 28.6. The molecule has 1 saturated carbocycles. The lowest BCUT2D eigenvalue weighted by molar-refractivity contribution is -0.130. The van der Waals surface area contributed by atoms with Crippen molar-refractivity contribution in [2.24, 2.45) is 11.8 Å². The maximum Gasteiger partial charge on any atom is 0.407 e. The maximum absolute atomic E-state index is 13.9. The predicted octanol–water partition coefficient (Wildman–Crippen LogP) is 4.85. The third-order valence-electron chi connectivity index (χ3n) is 10.3. The Balaban J connectivity index is 1.12. The molecule has 2 aliphatic rings. The van der Waals surface area contributed by atoms with Gasteiger partial charge < -0.3 is 31.3 Å². The molecule has 1 saturated heterocycles. The standard InChI is InChI=1S/C42H51N9O6/c1-25-5-10-31(39(54)46-33-19-20-43-36(52)23-33)22-34(25)28-11-6-26(7-12-28)21-35(40(55)45-32-17-15-29(16-18-32)37-48-50-51-49-37)47-38(53)30-13-8-27(9-14-30)24-44-41(56)57-42(2,3)4/h5-7,10-12,15-18,22,27,30,33,35H,8-9,13-14,19-21,23-24H2,1-4H3,(H,43,52)(H,44,56)(H,45,55)(H,46,54)(H,47,53)(H,48,49,50,51)/t27?,30?,33?,35-/m0/s1. The summed E-state index contributed by atoms with van der Waals surface area (Å²) < 4.78 is 5.36. The van der Waals surface area contributed by atoms with Gasteiger partial charge >= 0.3 is 6.09 Å². The zero-order valence-electron chi connectivity index (χ0n) is 32.8. The number of aromatic nitrogens is 4. The molecule has 1 aromatic heterocycles. The number of ether oxygens (including phenoxy) is 1. The highest BCUT2D eigenvalue weighted by Gasteiger charge is 2.30. The minimum Gasteiger partial charge on any atom is -0.444 e. The highest BCUT2D eigenvalue weighted by Crippen LogP contribution is 2.30. The number of hydrogen-bond donors (Lipinski definition) is 6. The lowest BCUT2D eigenvalue weighted by Crippen LogP contribution is -2.48. The molecule has 2 atom stereocenters. The van der Waals surface area contributed by atoms with Crippen LogP contribution in [0.5, 0.6) is 0 Å². The van der Waals surface area contributed by atoms with Gasteiger partial charge in [-0.15, -0.1) is 10.2 Å². The number of nitrogens with zero attached hydrogens (tertiary/aromatic N) is 3. The molecule has 0 radical (unpaired) electrons. The summed E-state index contributed by atoms with van der Waals surface area (Å²) in [4.78, 5) is 64.7. The van der Waals surface area contributed by atoms with E-state index in [4.69, 9.17) is 4.74 Å². The third-order valence-corrected chi connectivity index (χ3v) is 10.3. The Bertz CT molecular complexity index is 2040. The normalized spacial score (nSPS) is 18.7. The van der Waals surface area contributed by atoms with E-state index in [0.717, 1.165) is 40.7 Å². The molecular weight excluding hydrogens is 727 g/mol. The van der Waals surface area contributed by atoms with Crippen LogP contribution in [0.1, 0.15) is 80.8 Å². The quantitative estimate of drug-likeness (QED) is 0.116. The summed E-state index contributed by atoms with van der Waals surface area (Å²) in [6.07, 6.45) is 3.53. The minimum atomic E-state index is -0.873. The minimum absolute atomic E-state index is 0.0696. The van der Waals surface area contributed by atoms with E-state index in [-0.39, 0.29) is 54.3 Å². The zero-order valence-corrected chi connectivity index (χ0v) is 32.8. The lowest BCUT2D eigenvalue weighted by Gasteiger charge is -2.29. The maximum atomic E-state index is 13.9. The van der Waals surface area contributed by atoms with Crippen LogP contribution in [0, 0.1) is 18.8 Å². The van der Waals surface area contributed by atoms with E-state index in [0.29, 0.717) is 49.4 Å². The number of aromatic amines is 1. The van der Waals surface area contributed by atoms with Crippen LogP contribution in [-0.4, -0.2) is 81.1 Å². The number of benzene rings is 3. The topological polar surface area (TPSA) is 209 Å². The molecule has 2 heterocycles. The molecule has 6 rings (SSSR count). The second-order valence-electron chi connectivity index (χ2n) is 15.9. The molecule has 57 heavy (non-hydrogen) atoms. The summed E-state index contributed by atoms with van der Waals surface area (Å²) in [6.45, 7) is 8.45. The van der Waals surface area contributed by atoms with Gasteiger partial charge in [-0.05, 0) is 130 Å². The molecule has 5 amide bonds. The number of amides is 5. The van der Waals surface area contributed by atoms with Crippen molar-refractivity contribution >= 4 is 35.4 Å². The summed E-state index contributed by atoms with van der Waals surface area (Å²) in [6, 6.07) is 19.2. The average Bonchev–Trinajstić information content (AvgIpc) is 3.73. The van der Waals surface area contributed by atoms with Crippen molar-refractivity contribution in [1.82, 2.24) is 41.9 Å². The van der Waals surface area contributed by atoms with E-state index in [1.54, 1.807) is 30.3 Å². The van der Waals surface area contributed by atoms with Crippen LogP contribution in [0.25, 0.3) is 22.5 Å². The van der Waals surface area contributed by atoms with Crippen molar-refractivity contribution in [3.63, 3.8) is 0 Å². The summed E-state index contributed by atoms with van der Waals surface area (Å²) in [5.41, 5.74) is 4.81. The summed E-state index contributed by atoms with van der Waals surface area (Å²) >= 11 is 0. The molecule has 2 fully saturated rings. The van der Waals surface area contributed by atoms with Gasteiger partial charge in [-0.2, -0.15) is 5.21 Å². The van der Waals surface area contributed by atoms with Gasteiger partial charge in [-0.1, -0.05) is 30.3 Å². The molecule has 0 spiro atoms. The fraction of sp³-hybridized carbons (Fsp3) is 0.429. The number of tetrazole rings is 1. The van der Waals surface area contributed by atoms with E-state index in [1.165, 1.54) is 0 Å². The van der Waals surface area contributed by atoms with Crippen molar-refractivity contribution in [1.29, 1.82) is 0 Å². The monoisotopic (exact) mass is 777 g/mol. The number of rotatable bonds is 12. The third kappa shape index (κ3) is 11.5. The molecule has 15 nitrogen and oxygen atoms in total. The fourth-order valence-electron chi connectivity index (χ4n) is 7.19. The first-order valence-electron chi connectivity index (χ1n) is 19.5. The van der Waals surface area contributed by atoms with Gasteiger partial charge in [0.15, 0.2) is 0 Å². The number of hydrogen-bond acceptors (Lipinski definition) is 9. The van der Waals surface area contributed by atoms with E-state index in [2.05, 4.69) is 47.2 Å². The Kier molecular flexibility index (Phi) is 13.0. The van der Waals surface area contributed by atoms with E-state index in [1.807, 2.05) is 64.1 Å². The molecule has 300 valence electrons. The Morgan fingerprint density at radius 2 is 1.63 bits per heavy atom. The molecule has 4 aromatic rings. The fourth-order valence-corrected chi connectivity index (χ4v) is 7.19. The van der Waals surface area contributed by atoms with E-state index >= 15 is 0 Å². The smallest absolute Gasteiger partial charge is 0.407 e. The Labute approximate surface area is 331 Å². The van der Waals surface area contributed by atoms with Gasteiger partial charge in [0, 0.05) is 54.7 Å². The number of carbonyl (C=O) groups is 5. The number of H-pyrrole nitrogens is 1. The molecular formula is C42H51N9O6. The average molecular weight is 778 g/mol. The van der Waals surface area contributed by atoms with Crippen LogP contribution >= 0.6 is 0 Å². The molecule has 15 heteroatoms. The van der Waals surface area contributed by atoms with Gasteiger partial charge in [0.1, 0.15) is 11.6 Å². The first-order valence-corrected chi connectivity index (χ1v) is 19.5. The van der Waals surface area contributed by atoms with Crippen LogP contribution < -0.4 is 26.6 Å². The van der Waals surface area contributed by atoms with Crippen molar-refractivity contribution in [3.05, 3.63) is 83.4 Å². The predicted molar refractivity (Wildman–Crippen MR) is 214 cm³/mol. The summed E-state index contributed by atoms with van der Waals surface area (Å²) in [5.74, 6) is -0.451. The lowest BCUT2D eigenvalue weighted by atomic mass is 9.81. The van der Waals surface area contributed by atoms with Gasteiger partial charge in [0.25, 0.3) is 5.91 Å². The number of piperidine rings is 1. The molecule has 6 N–H and O–H groups in total. The Morgan fingerprint density at radius 3 is 2.30 bits per heavy atom. The van der Waals surface area contributed by atoms with Crippen molar-refractivity contribution in [2.45, 2.75) is 90.3 Å². The second-order valence-corrected chi connectivity index (χ2v) is 15.9. The van der Waals surface area contributed by atoms with Gasteiger partial charge in [0.2, 0.25) is 23.5 Å². The highest BCUT2D eigenvalue weighted by molar-refractivity contribution is 5.98.